The van der Waals surface area contributed by atoms with Crippen LogP contribution < -0.4 is 10.0 Å². The summed E-state index contributed by atoms with van der Waals surface area (Å²) in [5.74, 6) is 0. The van der Waals surface area contributed by atoms with Crippen molar-refractivity contribution >= 4 is 10.0 Å². The number of sulfonamides is 1. The Balaban J connectivity index is 2.14. The van der Waals surface area contributed by atoms with Crippen molar-refractivity contribution in [3.8, 4) is 0 Å². The molecule has 0 aliphatic carbocycles. The molecule has 0 radical (unpaired) electrons. The molecule has 1 saturated heterocycles. The predicted octanol–water partition coefficient (Wildman–Crippen LogP) is 0.879. The van der Waals surface area contributed by atoms with Crippen LogP contribution in [-0.4, -0.2) is 40.8 Å². The van der Waals surface area contributed by atoms with E-state index in [1.54, 1.807) is 0 Å². The molecule has 2 rings (SSSR count). The van der Waals surface area contributed by atoms with Crippen molar-refractivity contribution in [1.29, 1.82) is 0 Å². The third-order valence-electron chi connectivity index (χ3n) is 3.38. The molecule has 1 aromatic carbocycles. The molecule has 1 atom stereocenters. The van der Waals surface area contributed by atoms with Gasteiger partial charge in [-0.1, -0.05) is 17.7 Å². The van der Waals surface area contributed by atoms with Crippen molar-refractivity contribution in [3.05, 3.63) is 28.8 Å². The van der Waals surface area contributed by atoms with E-state index in [-0.39, 0.29) is 6.10 Å². The van der Waals surface area contributed by atoms with Crippen LogP contribution in [-0.2, 0) is 14.8 Å². The van der Waals surface area contributed by atoms with Gasteiger partial charge in [-0.3, -0.25) is 0 Å². The number of hydrogen-bond donors (Lipinski definition) is 2. The monoisotopic (exact) mass is 298 g/mol. The number of morpholine rings is 1. The molecule has 1 fully saturated rings. The lowest BCUT2D eigenvalue weighted by molar-refractivity contribution is 0.0324. The van der Waals surface area contributed by atoms with Crippen LogP contribution in [0.4, 0.5) is 0 Å². The van der Waals surface area contributed by atoms with Crippen molar-refractivity contribution in [2.45, 2.75) is 31.8 Å². The Morgan fingerprint density at radius 2 is 1.95 bits per heavy atom. The highest BCUT2D eigenvalue weighted by Gasteiger charge is 2.22. The molecule has 1 aliphatic rings. The van der Waals surface area contributed by atoms with Gasteiger partial charge in [0.2, 0.25) is 10.0 Å². The lowest BCUT2D eigenvalue weighted by Gasteiger charge is -2.24. The van der Waals surface area contributed by atoms with E-state index in [2.05, 4.69) is 10.0 Å². The predicted molar refractivity (Wildman–Crippen MR) is 78.5 cm³/mol. The minimum atomic E-state index is -3.50. The third-order valence-corrected chi connectivity index (χ3v) is 5.11. The topological polar surface area (TPSA) is 67.4 Å². The van der Waals surface area contributed by atoms with Gasteiger partial charge in [0.25, 0.3) is 0 Å². The van der Waals surface area contributed by atoms with Crippen molar-refractivity contribution in [3.63, 3.8) is 0 Å². The van der Waals surface area contributed by atoms with E-state index in [0.29, 0.717) is 24.6 Å². The van der Waals surface area contributed by atoms with Gasteiger partial charge in [0.05, 0.1) is 17.6 Å². The summed E-state index contributed by atoms with van der Waals surface area (Å²) in [6.45, 7) is 8.02. The van der Waals surface area contributed by atoms with Crippen LogP contribution in [0, 0.1) is 20.8 Å². The van der Waals surface area contributed by atoms with Gasteiger partial charge in [0.1, 0.15) is 0 Å². The lowest BCUT2D eigenvalue weighted by atomic mass is 10.1. The first kappa shape index (κ1) is 15.4. The van der Waals surface area contributed by atoms with E-state index in [9.17, 15) is 8.42 Å². The zero-order valence-electron chi connectivity index (χ0n) is 12.2. The van der Waals surface area contributed by atoms with Crippen LogP contribution in [0.1, 0.15) is 16.7 Å². The highest BCUT2D eigenvalue weighted by molar-refractivity contribution is 7.89. The van der Waals surface area contributed by atoms with Crippen molar-refractivity contribution in [2.24, 2.45) is 0 Å². The molecule has 0 spiro atoms. The van der Waals surface area contributed by atoms with E-state index in [1.807, 2.05) is 32.9 Å². The number of rotatable bonds is 4. The van der Waals surface area contributed by atoms with Gasteiger partial charge in [0, 0.05) is 19.6 Å². The highest BCUT2D eigenvalue weighted by atomic mass is 32.2. The van der Waals surface area contributed by atoms with E-state index >= 15 is 0 Å². The molecule has 2 N–H and O–H groups in total. The first-order valence-electron chi connectivity index (χ1n) is 6.80. The quantitative estimate of drug-likeness (QED) is 0.866. The minimum Gasteiger partial charge on any atom is -0.374 e. The van der Waals surface area contributed by atoms with Gasteiger partial charge in [-0.25, -0.2) is 13.1 Å². The Morgan fingerprint density at radius 3 is 2.50 bits per heavy atom. The maximum absolute atomic E-state index is 12.4. The van der Waals surface area contributed by atoms with Crippen molar-refractivity contribution < 1.29 is 13.2 Å². The number of benzene rings is 1. The van der Waals surface area contributed by atoms with Crippen LogP contribution in [0.3, 0.4) is 0 Å². The van der Waals surface area contributed by atoms with Crippen molar-refractivity contribution in [1.82, 2.24) is 10.0 Å². The zero-order chi connectivity index (χ0) is 14.8. The normalized spacial score (nSPS) is 20.1. The molecule has 5 nitrogen and oxygen atoms in total. The molecule has 0 saturated carbocycles. The molecule has 1 aromatic rings. The maximum Gasteiger partial charge on any atom is 0.241 e. The standard InChI is InChI=1S/C14H22N2O3S/c1-10-6-11(2)14(12(3)7-10)20(17,18)16-9-13-8-15-4-5-19-13/h6-7,13,15-16H,4-5,8-9H2,1-3H3. The lowest BCUT2D eigenvalue weighted by Crippen LogP contribution is -2.45. The maximum atomic E-state index is 12.4. The Morgan fingerprint density at radius 1 is 1.30 bits per heavy atom. The molecule has 112 valence electrons. The van der Waals surface area contributed by atoms with Crippen LogP contribution in [0.5, 0.6) is 0 Å². The second kappa shape index (κ2) is 6.22. The smallest absolute Gasteiger partial charge is 0.241 e. The molecule has 0 amide bonds. The Hall–Kier alpha value is -0.950. The van der Waals surface area contributed by atoms with Crippen LogP contribution >= 0.6 is 0 Å². The van der Waals surface area contributed by atoms with E-state index in [4.69, 9.17) is 4.74 Å². The summed E-state index contributed by atoms with van der Waals surface area (Å²) >= 11 is 0. The number of ether oxygens (including phenoxy) is 1. The molecule has 0 bridgehead atoms. The van der Waals surface area contributed by atoms with Gasteiger partial charge in [0.15, 0.2) is 0 Å². The second-order valence-corrected chi connectivity index (χ2v) is 6.98. The third kappa shape index (κ3) is 3.58. The van der Waals surface area contributed by atoms with Gasteiger partial charge in [-0.05, 0) is 31.9 Å². The SMILES string of the molecule is Cc1cc(C)c(S(=O)(=O)NCC2CNCCO2)c(C)c1. The van der Waals surface area contributed by atoms with Gasteiger partial charge in [-0.15, -0.1) is 0 Å². The van der Waals surface area contributed by atoms with Crippen molar-refractivity contribution in [2.75, 3.05) is 26.2 Å². The average molecular weight is 298 g/mol. The van der Waals surface area contributed by atoms with Gasteiger partial charge < -0.3 is 10.1 Å². The van der Waals surface area contributed by atoms with E-state index in [0.717, 1.165) is 23.2 Å². The summed E-state index contributed by atoms with van der Waals surface area (Å²) in [4.78, 5) is 0.381. The Labute approximate surface area is 120 Å². The first-order valence-corrected chi connectivity index (χ1v) is 8.28. The number of aryl methyl sites for hydroxylation is 3. The summed E-state index contributed by atoms with van der Waals surface area (Å²) in [6.07, 6.45) is -0.107. The molecule has 6 heteroatoms. The number of hydrogen-bond acceptors (Lipinski definition) is 4. The summed E-state index contributed by atoms with van der Waals surface area (Å²) in [6, 6.07) is 3.78. The van der Waals surface area contributed by atoms with Crippen LogP contribution in [0.15, 0.2) is 17.0 Å². The minimum absolute atomic E-state index is 0.107. The highest BCUT2D eigenvalue weighted by Crippen LogP contribution is 2.21. The molecule has 1 aliphatic heterocycles. The molecular formula is C14H22N2O3S. The molecule has 1 unspecified atom stereocenters. The molecule has 1 heterocycles. The average Bonchev–Trinajstić information content (AvgIpc) is 2.36. The van der Waals surface area contributed by atoms with Crippen LogP contribution in [0.25, 0.3) is 0 Å². The summed E-state index contributed by atoms with van der Waals surface area (Å²) in [7, 11) is -3.50. The summed E-state index contributed by atoms with van der Waals surface area (Å²) < 4.78 is 33.0. The fourth-order valence-electron chi connectivity index (χ4n) is 2.62. The fourth-order valence-corrected chi connectivity index (χ4v) is 4.13. The first-order chi connectivity index (χ1) is 9.40. The van der Waals surface area contributed by atoms with E-state index in [1.165, 1.54) is 0 Å². The summed E-state index contributed by atoms with van der Waals surface area (Å²) in [5, 5.41) is 3.18. The van der Waals surface area contributed by atoms with Gasteiger partial charge >= 0.3 is 0 Å². The molecule has 20 heavy (non-hydrogen) atoms. The second-order valence-electron chi connectivity index (χ2n) is 5.28. The Bertz CT molecular complexity index is 555. The molecular weight excluding hydrogens is 276 g/mol. The Kier molecular flexibility index (Phi) is 4.80. The zero-order valence-corrected chi connectivity index (χ0v) is 13.0. The fraction of sp³-hybridized carbons (Fsp3) is 0.571. The van der Waals surface area contributed by atoms with Crippen LogP contribution in [0.2, 0.25) is 0 Å². The van der Waals surface area contributed by atoms with E-state index < -0.39 is 10.0 Å². The number of nitrogens with one attached hydrogen (secondary N) is 2. The summed E-state index contributed by atoms with van der Waals surface area (Å²) in [5.41, 5.74) is 2.62. The largest absolute Gasteiger partial charge is 0.374 e. The van der Waals surface area contributed by atoms with Gasteiger partial charge in [-0.2, -0.15) is 0 Å². The molecule has 0 aromatic heterocycles.